The third-order valence-electron chi connectivity index (χ3n) is 2.30. The minimum Gasteiger partial charge on any atom is -0.398 e. The van der Waals surface area contributed by atoms with Gasteiger partial charge in [-0.3, -0.25) is 9.00 Å². The van der Waals surface area contributed by atoms with E-state index in [1.807, 2.05) is 26.0 Å². The van der Waals surface area contributed by atoms with Crippen molar-refractivity contribution >= 4 is 22.4 Å². The topological polar surface area (TPSA) is 72.2 Å². The monoisotopic (exact) mass is 254 g/mol. The van der Waals surface area contributed by atoms with Crippen molar-refractivity contribution < 1.29 is 9.00 Å². The number of carbonyl (C=O) groups is 1. The van der Waals surface area contributed by atoms with Gasteiger partial charge in [0.2, 0.25) is 5.91 Å². The molecular formula is C12H18N2O2S. The average Bonchev–Trinajstić information content (AvgIpc) is 2.29. The Labute approximate surface area is 104 Å². The number of amides is 1. The minimum absolute atomic E-state index is 0.0768. The summed E-state index contributed by atoms with van der Waals surface area (Å²) in [7, 11) is -1.22. The van der Waals surface area contributed by atoms with Crippen molar-refractivity contribution in [1.82, 2.24) is 5.32 Å². The summed E-state index contributed by atoms with van der Waals surface area (Å²) < 4.78 is 12.0. The third kappa shape index (κ3) is 4.19. The first-order valence-corrected chi connectivity index (χ1v) is 6.87. The second kappa shape index (κ2) is 6.39. The number of anilines is 1. The van der Waals surface area contributed by atoms with E-state index in [2.05, 4.69) is 5.32 Å². The number of hydrogen-bond acceptors (Lipinski definition) is 3. The van der Waals surface area contributed by atoms with Gasteiger partial charge in [-0.05, 0) is 31.5 Å². The van der Waals surface area contributed by atoms with E-state index >= 15 is 0 Å². The van der Waals surface area contributed by atoms with Gasteiger partial charge in [0.1, 0.15) is 0 Å². The van der Waals surface area contributed by atoms with Gasteiger partial charge in [0.15, 0.2) is 0 Å². The maximum atomic E-state index is 12.0. The molecule has 0 spiro atoms. The highest BCUT2D eigenvalue weighted by atomic mass is 32.2. The molecule has 94 valence electrons. The normalized spacial score (nSPS) is 12.1. The molecule has 5 heteroatoms. The third-order valence-corrected chi connectivity index (χ3v) is 3.72. The van der Waals surface area contributed by atoms with Crippen molar-refractivity contribution in [3.05, 3.63) is 23.8 Å². The second-order valence-electron chi connectivity index (χ2n) is 3.79. The molecule has 0 aliphatic heterocycles. The van der Waals surface area contributed by atoms with Crippen molar-refractivity contribution in [2.45, 2.75) is 25.2 Å². The largest absolute Gasteiger partial charge is 0.398 e. The summed E-state index contributed by atoms with van der Waals surface area (Å²) in [5, 5.41) is 2.67. The number of rotatable bonds is 5. The summed E-state index contributed by atoms with van der Waals surface area (Å²) in [5.41, 5.74) is 7.29. The van der Waals surface area contributed by atoms with Gasteiger partial charge in [-0.25, -0.2) is 0 Å². The standard InChI is InChI=1S/C12H18N2O2S/c1-3-14-12(15)6-7-17(16)11-8-9(2)4-5-10(11)13/h4-5,8H,3,6-7,13H2,1-2H3,(H,14,15). The molecular weight excluding hydrogens is 236 g/mol. The van der Waals surface area contributed by atoms with Crippen LogP contribution in [-0.4, -0.2) is 22.4 Å². The van der Waals surface area contributed by atoms with Crippen LogP contribution in [0.5, 0.6) is 0 Å². The summed E-state index contributed by atoms with van der Waals surface area (Å²) in [6.45, 7) is 4.37. The van der Waals surface area contributed by atoms with Crippen LogP contribution in [0, 0.1) is 6.92 Å². The summed E-state index contributed by atoms with van der Waals surface area (Å²) in [4.78, 5) is 11.9. The molecule has 0 fully saturated rings. The zero-order chi connectivity index (χ0) is 12.8. The zero-order valence-corrected chi connectivity index (χ0v) is 11.0. The molecule has 0 bridgehead atoms. The molecule has 0 aliphatic carbocycles. The van der Waals surface area contributed by atoms with Crippen LogP contribution in [0.2, 0.25) is 0 Å². The van der Waals surface area contributed by atoms with Crippen LogP contribution in [0.1, 0.15) is 18.9 Å². The van der Waals surface area contributed by atoms with Gasteiger partial charge in [0.25, 0.3) is 0 Å². The molecule has 1 unspecified atom stereocenters. The Hall–Kier alpha value is -1.36. The SMILES string of the molecule is CCNC(=O)CCS(=O)c1cc(C)ccc1N. The number of nitrogens with one attached hydrogen (secondary N) is 1. The van der Waals surface area contributed by atoms with Crippen molar-refractivity contribution in [3.8, 4) is 0 Å². The minimum atomic E-state index is -1.22. The van der Waals surface area contributed by atoms with Gasteiger partial charge >= 0.3 is 0 Å². The maximum Gasteiger partial charge on any atom is 0.220 e. The van der Waals surface area contributed by atoms with Crippen LogP contribution in [0.4, 0.5) is 5.69 Å². The molecule has 1 aromatic carbocycles. The summed E-state index contributed by atoms with van der Waals surface area (Å²) in [6.07, 6.45) is 0.258. The highest BCUT2D eigenvalue weighted by molar-refractivity contribution is 7.85. The fraction of sp³-hybridized carbons (Fsp3) is 0.417. The van der Waals surface area contributed by atoms with E-state index in [1.165, 1.54) is 0 Å². The van der Waals surface area contributed by atoms with Crippen LogP contribution in [0.25, 0.3) is 0 Å². The first-order chi connectivity index (χ1) is 8.04. The molecule has 0 aromatic heterocycles. The Morgan fingerprint density at radius 2 is 2.18 bits per heavy atom. The number of hydrogen-bond donors (Lipinski definition) is 2. The van der Waals surface area contributed by atoms with E-state index < -0.39 is 10.8 Å². The second-order valence-corrected chi connectivity index (χ2v) is 5.33. The predicted molar refractivity (Wildman–Crippen MR) is 70.2 cm³/mol. The lowest BCUT2D eigenvalue weighted by molar-refractivity contribution is -0.120. The number of carbonyl (C=O) groups excluding carboxylic acids is 1. The van der Waals surface area contributed by atoms with Gasteiger partial charge in [-0.2, -0.15) is 0 Å². The molecule has 3 N–H and O–H groups in total. The Morgan fingerprint density at radius 1 is 1.47 bits per heavy atom. The Balaban J connectivity index is 2.64. The molecule has 0 saturated carbocycles. The molecule has 0 heterocycles. The molecule has 0 saturated heterocycles. The molecule has 1 amide bonds. The van der Waals surface area contributed by atoms with Gasteiger partial charge in [0.05, 0.1) is 15.7 Å². The number of benzene rings is 1. The van der Waals surface area contributed by atoms with E-state index in [1.54, 1.807) is 6.07 Å². The molecule has 4 nitrogen and oxygen atoms in total. The van der Waals surface area contributed by atoms with E-state index in [-0.39, 0.29) is 12.3 Å². The summed E-state index contributed by atoms with van der Waals surface area (Å²) in [5.74, 6) is 0.228. The lowest BCUT2D eigenvalue weighted by Crippen LogP contribution is -2.24. The number of aryl methyl sites for hydroxylation is 1. The van der Waals surface area contributed by atoms with Gasteiger partial charge < -0.3 is 11.1 Å². The predicted octanol–water partition coefficient (Wildman–Crippen LogP) is 1.21. The van der Waals surface area contributed by atoms with E-state index in [0.29, 0.717) is 22.9 Å². The smallest absolute Gasteiger partial charge is 0.220 e. The molecule has 17 heavy (non-hydrogen) atoms. The van der Waals surface area contributed by atoms with E-state index in [0.717, 1.165) is 5.56 Å². The van der Waals surface area contributed by atoms with Crippen LogP contribution in [0.15, 0.2) is 23.1 Å². The van der Waals surface area contributed by atoms with E-state index in [9.17, 15) is 9.00 Å². The Bertz CT molecular complexity index is 433. The van der Waals surface area contributed by atoms with Gasteiger partial charge in [-0.15, -0.1) is 0 Å². The Morgan fingerprint density at radius 3 is 2.82 bits per heavy atom. The Kier molecular flexibility index (Phi) is 5.15. The van der Waals surface area contributed by atoms with Gasteiger partial charge in [-0.1, -0.05) is 6.07 Å². The quantitative estimate of drug-likeness (QED) is 0.776. The van der Waals surface area contributed by atoms with Crippen LogP contribution in [-0.2, 0) is 15.6 Å². The fourth-order valence-corrected chi connectivity index (χ4v) is 2.66. The molecule has 1 atom stereocenters. The van der Waals surface area contributed by atoms with Crippen LogP contribution >= 0.6 is 0 Å². The van der Waals surface area contributed by atoms with Gasteiger partial charge in [0, 0.05) is 24.4 Å². The highest BCUT2D eigenvalue weighted by Crippen LogP contribution is 2.18. The summed E-state index contributed by atoms with van der Waals surface area (Å²) in [6, 6.07) is 5.43. The van der Waals surface area contributed by atoms with E-state index in [4.69, 9.17) is 5.73 Å². The average molecular weight is 254 g/mol. The number of nitrogen functional groups attached to an aromatic ring is 1. The first-order valence-electron chi connectivity index (χ1n) is 5.55. The maximum absolute atomic E-state index is 12.0. The summed E-state index contributed by atoms with van der Waals surface area (Å²) >= 11 is 0. The fourth-order valence-electron chi connectivity index (χ4n) is 1.42. The van der Waals surface area contributed by atoms with Crippen molar-refractivity contribution in [2.24, 2.45) is 0 Å². The van der Waals surface area contributed by atoms with Crippen LogP contribution in [0.3, 0.4) is 0 Å². The highest BCUT2D eigenvalue weighted by Gasteiger charge is 2.10. The van der Waals surface area contributed by atoms with Crippen molar-refractivity contribution in [3.63, 3.8) is 0 Å². The molecule has 0 radical (unpaired) electrons. The first kappa shape index (κ1) is 13.7. The molecule has 0 aliphatic rings. The zero-order valence-electron chi connectivity index (χ0n) is 10.2. The molecule has 1 aromatic rings. The van der Waals surface area contributed by atoms with Crippen LogP contribution < -0.4 is 11.1 Å². The molecule has 1 rings (SSSR count). The van der Waals surface area contributed by atoms with Crippen molar-refractivity contribution in [1.29, 1.82) is 0 Å². The lowest BCUT2D eigenvalue weighted by atomic mass is 10.2. The lowest BCUT2D eigenvalue weighted by Gasteiger charge is -2.07. The number of nitrogens with two attached hydrogens (primary N) is 1. The van der Waals surface area contributed by atoms with Crippen molar-refractivity contribution in [2.75, 3.05) is 18.0 Å².